The second kappa shape index (κ2) is 1.43. The van der Waals surface area contributed by atoms with Gasteiger partial charge in [0.15, 0.2) is 0 Å². The van der Waals surface area contributed by atoms with Gasteiger partial charge in [0.05, 0.1) is 23.1 Å². The summed E-state index contributed by atoms with van der Waals surface area (Å²) in [4.78, 5) is 0. The fraction of sp³-hybridized carbons (Fsp3) is 0. The van der Waals surface area contributed by atoms with Gasteiger partial charge in [-0.3, -0.25) is 0 Å². The zero-order valence-corrected chi connectivity index (χ0v) is 5.24. The predicted molar refractivity (Wildman–Crippen MR) is 31.5 cm³/mol. The zero-order valence-electron chi connectivity index (χ0n) is 3.61. The van der Waals surface area contributed by atoms with Crippen LogP contribution in [0.5, 0.6) is 0 Å². The largest absolute Gasteiger partial charge is 0.226 e. The van der Waals surface area contributed by atoms with Gasteiger partial charge in [0.1, 0.15) is 0 Å². The minimum atomic E-state index is 0.667. The molecule has 0 unspecified atom stereocenters. The highest BCUT2D eigenvalue weighted by molar-refractivity contribution is 7.58. The Bertz CT molecular complexity index is 247. The Labute approximate surface area is 52.8 Å². The molecule has 0 bridgehead atoms. The first-order valence-corrected chi connectivity index (χ1v) is 3.34. The van der Waals surface area contributed by atoms with Gasteiger partial charge in [-0.1, -0.05) is 0 Å². The molecular formula is C2N4S2. The van der Waals surface area contributed by atoms with Crippen LogP contribution in [0.4, 0.5) is 11.6 Å². The Hall–Kier alpha value is -0.620. The molecule has 0 fully saturated rings. The Balaban J connectivity index is 2.78. The second-order valence-corrected chi connectivity index (χ2v) is 2.23. The van der Waals surface area contributed by atoms with Crippen LogP contribution in [0.3, 0.4) is 0 Å². The van der Waals surface area contributed by atoms with Crippen molar-refractivity contribution >= 4 is 34.7 Å². The van der Waals surface area contributed by atoms with Crippen LogP contribution < -0.4 is 0 Å². The minimum absolute atomic E-state index is 0.667. The van der Waals surface area contributed by atoms with Gasteiger partial charge in [-0.05, 0) is 0 Å². The molecule has 0 atom stereocenters. The lowest BCUT2D eigenvalue weighted by Gasteiger charge is -1.68. The third kappa shape index (κ3) is 0.436. The molecule has 1 aromatic rings. The van der Waals surface area contributed by atoms with E-state index in [2.05, 4.69) is 17.5 Å². The van der Waals surface area contributed by atoms with E-state index in [4.69, 9.17) is 0 Å². The highest BCUT2D eigenvalue weighted by atomic mass is 32.1. The molecule has 1 aliphatic heterocycles. The molecule has 6 heteroatoms. The Morgan fingerprint density at radius 1 is 1.00 bits per heavy atom. The maximum absolute atomic E-state index is 3.85. The normalized spacial score (nSPS) is 13.5. The first-order valence-electron chi connectivity index (χ1n) is 1.87. The Morgan fingerprint density at radius 2 is 1.62 bits per heavy atom. The van der Waals surface area contributed by atoms with Gasteiger partial charge < -0.3 is 0 Å². The van der Waals surface area contributed by atoms with Crippen LogP contribution in [0.1, 0.15) is 0 Å². The van der Waals surface area contributed by atoms with E-state index in [-0.39, 0.29) is 0 Å². The van der Waals surface area contributed by atoms with Crippen molar-refractivity contribution in [2.45, 2.75) is 0 Å². The maximum Gasteiger partial charge on any atom is 0.226 e. The van der Waals surface area contributed by atoms with Gasteiger partial charge in [0.25, 0.3) is 0 Å². The van der Waals surface area contributed by atoms with Crippen LogP contribution in [0.15, 0.2) is 8.73 Å². The van der Waals surface area contributed by atoms with Crippen molar-refractivity contribution in [1.82, 2.24) is 8.75 Å². The standard InChI is InChI=1S/C2N4S2/c3-1-2(5-7-3)6-8-4-1. The van der Waals surface area contributed by atoms with Crippen LogP contribution in [0.25, 0.3) is 0 Å². The molecule has 0 saturated carbocycles. The monoisotopic (exact) mass is 144 g/mol. The smallest absolute Gasteiger partial charge is 0.149 e. The highest BCUT2D eigenvalue weighted by Gasteiger charge is 2.07. The summed E-state index contributed by atoms with van der Waals surface area (Å²) in [6.07, 6.45) is 0. The van der Waals surface area contributed by atoms with E-state index in [1.165, 1.54) is 0 Å². The third-order valence-electron chi connectivity index (χ3n) is 0.709. The highest BCUT2D eigenvalue weighted by Crippen LogP contribution is 2.27. The summed E-state index contributed by atoms with van der Waals surface area (Å²) in [5.41, 5.74) is 0. The van der Waals surface area contributed by atoms with E-state index in [0.29, 0.717) is 11.6 Å². The minimum Gasteiger partial charge on any atom is -0.149 e. The average molecular weight is 144 g/mol. The Morgan fingerprint density at radius 3 is 2.25 bits per heavy atom. The predicted octanol–water partition coefficient (Wildman–Crippen LogP) is 1.26. The lowest BCUT2D eigenvalue weighted by molar-refractivity contribution is 1.42. The summed E-state index contributed by atoms with van der Waals surface area (Å²) in [5.74, 6) is 1.33. The molecule has 0 saturated heterocycles. The molecule has 2 heterocycles. The summed E-state index contributed by atoms with van der Waals surface area (Å²) in [7, 11) is 0. The fourth-order valence-electron chi connectivity index (χ4n) is 0.392. The van der Waals surface area contributed by atoms with Gasteiger partial charge in [0, 0.05) is 0 Å². The summed E-state index contributed by atoms with van der Waals surface area (Å²) >= 11 is 2.28. The molecule has 0 aromatic carbocycles. The quantitative estimate of drug-likeness (QED) is 0.559. The topological polar surface area (TPSA) is 50.5 Å². The van der Waals surface area contributed by atoms with Crippen molar-refractivity contribution in [2.75, 3.05) is 0 Å². The molecule has 0 aliphatic carbocycles. The summed E-state index contributed by atoms with van der Waals surface area (Å²) in [5, 5.41) is 0. The lowest BCUT2D eigenvalue weighted by Crippen LogP contribution is -1.51. The first-order chi connectivity index (χ1) is 3.97. The summed E-state index contributed by atoms with van der Waals surface area (Å²) in [6.45, 7) is 0. The van der Waals surface area contributed by atoms with Crippen LogP contribution >= 0.6 is 11.7 Å². The van der Waals surface area contributed by atoms with E-state index >= 15 is 0 Å². The summed E-state index contributed by atoms with van der Waals surface area (Å²) < 4.78 is 15.4. The molecule has 40 valence electrons. The number of fused-ring (bicyclic) bond motifs is 1. The molecule has 0 N–H and O–H groups in total. The molecule has 0 amide bonds. The van der Waals surface area contributed by atoms with Crippen LogP contribution in [-0.4, -0.2) is 8.75 Å². The third-order valence-corrected chi connectivity index (χ3v) is 1.73. The number of nitrogens with zero attached hydrogens (tertiary/aromatic N) is 4. The van der Waals surface area contributed by atoms with E-state index in [1.807, 2.05) is 0 Å². The van der Waals surface area contributed by atoms with Crippen molar-refractivity contribution in [3.05, 3.63) is 0 Å². The van der Waals surface area contributed by atoms with Gasteiger partial charge in [0.2, 0.25) is 11.6 Å². The number of rotatable bonds is 0. The molecular weight excluding hydrogens is 144 g/mol. The van der Waals surface area contributed by atoms with Gasteiger partial charge >= 0.3 is 0 Å². The molecule has 0 spiro atoms. The van der Waals surface area contributed by atoms with Crippen molar-refractivity contribution in [3.8, 4) is 0 Å². The van der Waals surface area contributed by atoms with E-state index in [0.717, 1.165) is 23.1 Å². The van der Waals surface area contributed by atoms with E-state index < -0.39 is 0 Å². The van der Waals surface area contributed by atoms with Crippen molar-refractivity contribution in [2.24, 2.45) is 8.73 Å². The lowest BCUT2D eigenvalue weighted by atomic mass is 10.7. The van der Waals surface area contributed by atoms with Crippen LogP contribution in [0, 0.1) is 0 Å². The summed E-state index contributed by atoms with van der Waals surface area (Å²) in [6, 6.07) is 0. The van der Waals surface area contributed by atoms with E-state index in [1.54, 1.807) is 0 Å². The van der Waals surface area contributed by atoms with Crippen molar-refractivity contribution in [1.29, 1.82) is 0 Å². The molecule has 2 rings (SSSR count). The Kier molecular flexibility index (Phi) is 0.762. The molecule has 8 heavy (non-hydrogen) atoms. The second-order valence-electron chi connectivity index (χ2n) is 1.18. The van der Waals surface area contributed by atoms with Crippen LogP contribution in [-0.2, 0) is 11.4 Å². The fourth-order valence-corrected chi connectivity index (χ4v) is 1.38. The van der Waals surface area contributed by atoms with Crippen molar-refractivity contribution < 1.29 is 0 Å². The van der Waals surface area contributed by atoms with Crippen molar-refractivity contribution in [3.63, 3.8) is 0 Å². The number of aromatic nitrogens is 2. The molecule has 1 aromatic heterocycles. The average Bonchev–Trinajstić information content (AvgIpc) is 2.15. The van der Waals surface area contributed by atoms with Gasteiger partial charge in [-0.15, -0.1) is 17.5 Å². The molecule has 0 radical (unpaired) electrons. The van der Waals surface area contributed by atoms with Crippen LogP contribution in [0.2, 0.25) is 0 Å². The molecule has 1 aliphatic rings. The maximum atomic E-state index is 3.85. The zero-order chi connectivity index (χ0) is 5.40. The van der Waals surface area contributed by atoms with Gasteiger partial charge in [-0.2, -0.15) is 0 Å². The first kappa shape index (κ1) is 4.28. The number of hydrogen-bond donors (Lipinski definition) is 0. The molecule has 4 nitrogen and oxygen atoms in total. The number of hydrogen-bond acceptors (Lipinski definition) is 5. The van der Waals surface area contributed by atoms with Gasteiger partial charge in [-0.25, -0.2) is 0 Å². The SMILES string of the molecule is N1=S=Nc2nsnc21. The van der Waals surface area contributed by atoms with E-state index in [9.17, 15) is 0 Å².